The van der Waals surface area contributed by atoms with Crippen LogP contribution in [0.15, 0.2) is 0 Å². The minimum Gasteiger partial charge on any atom is -0.385 e. The lowest BCUT2D eigenvalue weighted by Crippen LogP contribution is -2.00. The van der Waals surface area contributed by atoms with Crippen LogP contribution in [0.1, 0.15) is 98.4 Å². The Hall–Kier alpha value is -0.0800. The number of hydrogen-bond acceptors (Lipinski definition) is 2. The largest absolute Gasteiger partial charge is 0.385 e. The van der Waals surface area contributed by atoms with Gasteiger partial charge in [-0.05, 0) is 19.8 Å². The topological polar surface area (TPSA) is 18.5 Å². The van der Waals surface area contributed by atoms with E-state index in [0.29, 0.717) is 6.10 Å². The molecule has 20 heavy (non-hydrogen) atoms. The summed E-state index contributed by atoms with van der Waals surface area (Å²) in [5, 5.41) is 0. The highest BCUT2D eigenvalue weighted by Crippen LogP contribution is 1.89. The number of methoxy groups -OCH3 is 2. The van der Waals surface area contributed by atoms with Crippen molar-refractivity contribution in [3.8, 4) is 0 Å². The van der Waals surface area contributed by atoms with Gasteiger partial charge in [-0.25, -0.2) is 0 Å². The Labute approximate surface area is 135 Å². The third kappa shape index (κ3) is 146. The van der Waals surface area contributed by atoms with Gasteiger partial charge in [0, 0.05) is 20.8 Å². The Morgan fingerprint density at radius 3 is 1.05 bits per heavy atom. The second kappa shape index (κ2) is 76.4. The quantitative estimate of drug-likeness (QED) is 0.529. The molecule has 0 aliphatic rings. The molecule has 1 atom stereocenters. The van der Waals surface area contributed by atoms with Gasteiger partial charge in [-0.2, -0.15) is 0 Å². The van der Waals surface area contributed by atoms with E-state index in [-0.39, 0.29) is 44.6 Å². The lowest BCUT2D eigenvalue weighted by molar-refractivity contribution is 0.115. The molecular weight excluding hydrogens is 248 g/mol. The van der Waals surface area contributed by atoms with Crippen molar-refractivity contribution in [1.29, 1.82) is 0 Å². The van der Waals surface area contributed by atoms with Gasteiger partial charge in [0.1, 0.15) is 0 Å². The fraction of sp³-hybridized carbons (Fsp3) is 1.00. The molecule has 0 radical (unpaired) electrons. The lowest BCUT2D eigenvalue weighted by atomic mass is 10.3. The number of rotatable bonds is 4. The van der Waals surface area contributed by atoms with Crippen LogP contribution >= 0.6 is 0 Å². The van der Waals surface area contributed by atoms with Crippen LogP contribution in [0.5, 0.6) is 0 Å². The van der Waals surface area contributed by atoms with E-state index in [1.165, 1.54) is 6.42 Å². The highest BCUT2D eigenvalue weighted by Gasteiger charge is 1.88. The van der Waals surface area contributed by atoms with Crippen LogP contribution in [0.3, 0.4) is 0 Å². The first-order chi connectivity index (χ1) is 6.64. The zero-order valence-corrected chi connectivity index (χ0v) is 11.2. The van der Waals surface area contributed by atoms with Crippen molar-refractivity contribution in [3.63, 3.8) is 0 Å². The summed E-state index contributed by atoms with van der Waals surface area (Å²) in [5.41, 5.74) is 0. The fourth-order valence-electron chi connectivity index (χ4n) is 0.371. The Morgan fingerprint density at radius 1 is 0.750 bits per heavy atom. The van der Waals surface area contributed by atoms with E-state index in [4.69, 9.17) is 9.47 Å². The molecule has 0 amide bonds. The molecule has 0 saturated carbocycles. The average molecular weight is 303 g/mol. The maximum Gasteiger partial charge on any atom is 0.0540 e. The second-order valence-corrected chi connectivity index (χ2v) is 3.15. The summed E-state index contributed by atoms with van der Waals surface area (Å²) in [6, 6.07) is 0. The van der Waals surface area contributed by atoms with E-state index in [1.54, 1.807) is 14.2 Å². The predicted octanol–water partition coefficient (Wildman–Crippen LogP) is 7.71. The minimum absolute atomic E-state index is 0. The summed E-state index contributed by atoms with van der Waals surface area (Å²) in [4.78, 5) is 0. The average Bonchev–Trinajstić information content (AvgIpc) is 2.20. The molecule has 138 valence electrons. The fourth-order valence-corrected chi connectivity index (χ4v) is 0.371. The van der Waals surface area contributed by atoms with Crippen LogP contribution < -0.4 is 0 Å². The maximum absolute atomic E-state index is 4.90. The van der Waals surface area contributed by atoms with Gasteiger partial charge in [0.15, 0.2) is 0 Å². The van der Waals surface area contributed by atoms with E-state index < -0.39 is 0 Å². The smallest absolute Gasteiger partial charge is 0.0540 e. The molecule has 0 saturated heterocycles. The lowest BCUT2D eigenvalue weighted by Gasteiger charge is -2.01. The molecule has 0 aliphatic heterocycles. The highest BCUT2D eigenvalue weighted by molar-refractivity contribution is 4.38. The molecule has 0 N–H and O–H groups in total. The summed E-state index contributed by atoms with van der Waals surface area (Å²) >= 11 is 0. The SMILES string of the molecule is C.C.C.C.C.C.CCC.CCC(C)OC.CCCOC. The standard InChI is InChI=1S/C5H12O.C4H10O.C3H8.6CH4/c1-4-5(2)6-3;1-3-4-5-2;1-3-2;;;;;;/h5H,4H2,1-3H3;3-4H2,1-2H3;3H2,1-2H3;6*1H4. The number of hydrogen-bond donors (Lipinski definition) is 0. The van der Waals surface area contributed by atoms with Crippen molar-refractivity contribution in [3.05, 3.63) is 0 Å². The Morgan fingerprint density at radius 2 is 1.05 bits per heavy atom. The molecule has 0 rings (SSSR count). The van der Waals surface area contributed by atoms with Gasteiger partial charge in [-0.3, -0.25) is 0 Å². The van der Waals surface area contributed by atoms with Crippen molar-refractivity contribution in [1.82, 2.24) is 0 Å². The molecule has 1 unspecified atom stereocenters. The molecular formula is C18H54O2. The van der Waals surface area contributed by atoms with Crippen LogP contribution in [-0.2, 0) is 9.47 Å². The zero-order valence-electron chi connectivity index (χ0n) is 11.2. The van der Waals surface area contributed by atoms with Crippen LogP contribution in [0.4, 0.5) is 0 Å². The van der Waals surface area contributed by atoms with Crippen molar-refractivity contribution in [2.24, 2.45) is 0 Å². The van der Waals surface area contributed by atoms with Gasteiger partial charge in [0.2, 0.25) is 0 Å². The van der Waals surface area contributed by atoms with E-state index in [9.17, 15) is 0 Å². The first-order valence-electron chi connectivity index (χ1n) is 5.65. The molecule has 2 nitrogen and oxygen atoms in total. The van der Waals surface area contributed by atoms with Gasteiger partial charge < -0.3 is 9.47 Å². The van der Waals surface area contributed by atoms with Crippen LogP contribution in [0.2, 0.25) is 0 Å². The van der Waals surface area contributed by atoms with E-state index >= 15 is 0 Å². The first-order valence-corrected chi connectivity index (χ1v) is 5.65. The molecule has 0 aromatic rings. The van der Waals surface area contributed by atoms with Gasteiger partial charge in [-0.1, -0.05) is 78.7 Å². The van der Waals surface area contributed by atoms with Crippen LogP contribution in [0.25, 0.3) is 0 Å². The molecule has 2 heteroatoms. The predicted molar refractivity (Wildman–Crippen MR) is 105 cm³/mol. The van der Waals surface area contributed by atoms with E-state index in [0.717, 1.165) is 19.4 Å². The van der Waals surface area contributed by atoms with Gasteiger partial charge in [-0.15, -0.1) is 0 Å². The third-order valence-electron chi connectivity index (χ3n) is 1.39. The summed E-state index contributed by atoms with van der Waals surface area (Å²) in [5.74, 6) is 0. The highest BCUT2D eigenvalue weighted by atomic mass is 16.5. The molecule has 0 spiro atoms. The second-order valence-electron chi connectivity index (χ2n) is 3.15. The van der Waals surface area contributed by atoms with Crippen molar-refractivity contribution in [2.45, 2.75) is 105 Å². The third-order valence-corrected chi connectivity index (χ3v) is 1.39. The summed E-state index contributed by atoms with van der Waals surface area (Å²) < 4.78 is 9.59. The first kappa shape index (κ1) is 59.8. The van der Waals surface area contributed by atoms with Crippen LogP contribution in [0, 0.1) is 0 Å². The minimum atomic E-state index is 0. The van der Waals surface area contributed by atoms with Gasteiger partial charge in [0.25, 0.3) is 0 Å². The Balaban J connectivity index is -0.0000000117. The monoisotopic (exact) mass is 302 g/mol. The summed E-state index contributed by atoms with van der Waals surface area (Å²) in [7, 11) is 3.44. The normalized spacial score (nSPS) is 7.35. The molecule has 0 heterocycles. The zero-order chi connectivity index (χ0) is 11.8. The molecule has 0 fully saturated rings. The summed E-state index contributed by atoms with van der Waals surface area (Å²) in [6.45, 7) is 11.4. The number of ether oxygens (including phenoxy) is 2. The van der Waals surface area contributed by atoms with Crippen molar-refractivity contribution < 1.29 is 9.47 Å². The van der Waals surface area contributed by atoms with Crippen LogP contribution in [-0.4, -0.2) is 26.9 Å². The molecule has 0 aliphatic carbocycles. The molecule has 0 bridgehead atoms. The molecule has 0 aromatic heterocycles. The van der Waals surface area contributed by atoms with E-state index in [1.807, 2.05) is 0 Å². The summed E-state index contributed by atoms with van der Waals surface area (Å²) in [6.07, 6.45) is 3.91. The van der Waals surface area contributed by atoms with Gasteiger partial charge in [0.05, 0.1) is 6.10 Å². The Kier molecular flexibility index (Phi) is 228. The van der Waals surface area contributed by atoms with E-state index in [2.05, 4.69) is 34.6 Å². The van der Waals surface area contributed by atoms with Crippen molar-refractivity contribution in [2.75, 3.05) is 20.8 Å². The van der Waals surface area contributed by atoms with Gasteiger partial charge >= 0.3 is 0 Å². The van der Waals surface area contributed by atoms with Crippen molar-refractivity contribution >= 4 is 0 Å². The molecule has 0 aromatic carbocycles. The Bertz CT molecular complexity index is 60.4. The maximum atomic E-state index is 4.90.